The Hall–Kier alpha value is -2.19. The Kier molecular flexibility index (Phi) is 9.30. The van der Waals surface area contributed by atoms with Gasteiger partial charge in [-0.05, 0) is 66.0 Å². The second kappa shape index (κ2) is 11.4. The molecule has 0 saturated heterocycles. The molecule has 4 heteroatoms. The molecule has 0 atom stereocenters. The van der Waals surface area contributed by atoms with Crippen molar-refractivity contribution in [3.8, 4) is 28.0 Å². The molecule has 0 unspecified atom stereocenters. The Bertz CT molecular complexity index is 1330. The van der Waals surface area contributed by atoms with E-state index in [0.717, 1.165) is 33.4 Å². The summed E-state index contributed by atoms with van der Waals surface area (Å²) in [6.45, 7) is 33.5. The Morgan fingerprint density at radius 3 is 1.07 bits per heavy atom. The van der Waals surface area contributed by atoms with Gasteiger partial charge in [0.25, 0.3) is 0 Å². The second-order valence-corrected chi connectivity index (χ2v) is 17.6. The highest BCUT2D eigenvalue weighted by atomic mass is 31.2. The Balaban J connectivity index is 2.82. The summed E-state index contributed by atoms with van der Waals surface area (Å²) in [6.07, 6.45) is 0. The van der Waals surface area contributed by atoms with Crippen LogP contribution in [0.1, 0.15) is 132 Å². The minimum atomic E-state index is -2.65. The standard InChI is InChI=1S/C38H55O3P/c1-34(2,3)26-20-16-18-24(22-26)28-30(36(7,8)9)29(25-19-17-21-27(23-25)35(4,5)6)32(38(13,14)15)33(41-42(39)40)31(28)37(10,11)12/h16-23,39-40H,1-15H3. The molecule has 3 aromatic rings. The van der Waals surface area contributed by atoms with Crippen LogP contribution in [0.4, 0.5) is 0 Å². The molecule has 3 aromatic carbocycles. The topological polar surface area (TPSA) is 49.7 Å². The molecule has 0 aliphatic rings. The van der Waals surface area contributed by atoms with Gasteiger partial charge in [0.05, 0.1) is 0 Å². The van der Waals surface area contributed by atoms with Gasteiger partial charge in [0.15, 0.2) is 0 Å². The van der Waals surface area contributed by atoms with Crippen molar-refractivity contribution in [1.82, 2.24) is 0 Å². The first kappa shape index (κ1) is 34.3. The van der Waals surface area contributed by atoms with Gasteiger partial charge < -0.3 is 14.3 Å². The van der Waals surface area contributed by atoms with Crippen molar-refractivity contribution in [2.45, 2.75) is 131 Å². The molecule has 0 bridgehead atoms. The molecule has 0 saturated carbocycles. The van der Waals surface area contributed by atoms with Crippen LogP contribution in [0, 0.1) is 0 Å². The van der Waals surface area contributed by atoms with Gasteiger partial charge in [-0.2, -0.15) is 0 Å². The molecule has 3 rings (SSSR count). The Labute approximate surface area is 257 Å². The first-order valence-corrected chi connectivity index (χ1v) is 16.3. The molecule has 0 aromatic heterocycles. The molecule has 0 fully saturated rings. The third kappa shape index (κ3) is 7.29. The van der Waals surface area contributed by atoms with Gasteiger partial charge in [-0.1, -0.05) is 152 Å². The lowest BCUT2D eigenvalue weighted by molar-refractivity contribution is 0.364. The summed E-state index contributed by atoms with van der Waals surface area (Å²) < 4.78 is 6.19. The number of rotatable bonds is 4. The maximum Gasteiger partial charge on any atom is 0.391 e. The molecule has 3 nitrogen and oxygen atoms in total. The molecular weight excluding hydrogens is 535 g/mol. The lowest BCUT2D eigenvalue weighted by atomic mass is 9.66. The average molecular weight is 591 g/mol. The highest BCUT2D eigenvalue weighted by Gasteiger charge is 2.40. The second-order valence-electron chi connectivity index (χ2n) is 17.0. The molecule has 230 valence electrons. The van der Waals surface area contributed by atoms with Crippen LogP contribution < -0.4 is 4.52 Å². The third-order valence-electron chi connectivity index (χ3n) is 7.91. The molecule has 0 amide bonds. The Morgan fingerprint density at radius 2 is 0.810 bits per heavy atom. The fourth-order valence-corrected chi connectivity index (χ4v) is 6.29. The lowest BCUT2D eigenvalue weighted by Gasteiger charge is -2.39. The minimum absolute atomic E-state index is 0.0289. The van der Waals surface area contributed by atoms with Crippen LogP contribution in [0.3, 0.4) is 0 Å². The molecular formula is C38H55O3P. The van der Waals surface area contributed by atoms with Crippen molar-refractivity contribution in [2.24, 2.45) is 0 Å². The van der Waals surface area contributed by atoms with Gasteiger partial charge in [0.2, 0.25) is 0 Å². The van der Waals surface area contributed by atoms with E-state index in [2.05, 4.69) is 152 Å². The SMILES string of the molecule is CC(C)(C)c1cccc(-c2c(C(C)(C)C)c(OP(O)O)c(C(C)(C)C)c(-c3cccc(C(C)(C)C)c3)c2C(C)(C)C)c1. The molecule has 0 heterocycles. The number of benzene rings is 3. The zero-order valence-corrected chi connectivity index (χ0v) is 29.8. The first-order chi connectivity index (χ1) is 18.8. The van der Waals surface area contributed by atoms with E-state index < -0.39 is 8.60 Å². The normalized spacial score (nSPS) is 13.6. The maximum atomic E-state index is 10.4. The van der Waals surface area contributed by atoms with Gasteiger partial charge in [-0.15, -0.1) is 0 Å². The van der Waals surface area contributed by atoms with Gasteiger partial charge in [-0.3, -0.25) is 0 Å². The summed E-state index contributed by atoms with van der Waals surface area (Å²) in [6, 6.07) is 17.7. The quantitative estimate of drug-likeness (QED) is 0.297. The first-order valence-electron chi connectivity index (χ1n) is 15.2. The predicted molar refractivity (Wildman–Crippen MR) is 183 cm³/mol. The fraction of sp³-hybridized carbons (Fsp3) is 0.526. The zero-order valence-electron chi connectivity index (χ0n) is 28.9. The van der Waals surface area contributed by atoms with Crippen molar-refractivity contribution in [3.05, 3.63) is 76.3 Å². The van der Waals surface area contributed by atoms with Crippen molar-refractivity contribution in [2.75, 3.05) is 0 Å². The summed E-state index contributed by atoms with van der Waals surface area (Å²) in [5, 5.41) is 0. The average Bonchev–Trinajstić information content (AvgIpc) is 2.79. The van der Waals surface area contributed by atoms with E-state index in [9.17, 15) is 9.79 Å². The summed E-state index contributed by atoms with van der Waals surface area (Å²) in [5.74, 6) is 0.589. The zero-order chi connectivity index (χ0) is 32.2. The maximum absolute atomic E-state index is 10.4. The van der Waals surface area contributed by atoms with Gasteiger partial charge in [-0.25, -0.2) is 0 Å². The molecule has 0 aliphatic carbocycles. The van der Waals surface area contributed by atoms with E-state index in [0.29, 0.717) is 5.75 Å². The highest BCUT2D eigenvalue weighted by Crippen LogP contribution is 2.57. The van der Waals surface area contributed by atoms with E-state index in [1.807, 2.05) is 0 Å². The van der Waals surface area contributed by atoms with Crippen molar-refractivity contribution in [1.29, 1.82) is 0 Å². The summed E-state index contributed by atoms with van der Waals surface area (Å²) in [5.41, 5.74) is 9.24. The number of hydrogen-bond acceptors (Lipinski definition) is 3. The highest BCUT2D eigenvalue weighted by molar-refractivity contribution is 7.39. The summed E-state index contributed by atoms with van der Waals surface area (Å²) in [4.78, 5) is 20.9. The summed E-state index contributed by atoms with van der Waals surface area (Å²) in [7, 11) is -2.65. The van der Waals surface area contributed by atoms with Crippen LogP contribution in [-0.2, 0) is 27.1 Å². The largest absolute Gasteiger partial charge is 0.426 e. The van der Waals surface area contributed by atoms with Crippen LogP contribution in [0.5, 0.6) is 5.75 Å². The van der Waals surface area contributed by atoms with E-state index in [1.54, 1.807) is 0 Å². The van der Waals surface area contributed by atoms with Crippen LogP contribution in [0.2, 0.25) is 0 Å². The Morgan fingerprint density at radius 1 is 0.476 bits per heavy atom. The minimum Gasteiger partial charge on any atom is -0.426 e. The van der Waals surface area contributed by atoms with Gasteiger partial charge >= 0.3 is 8.60 Å². The van der Waals surface area contributed by atoms with Crippen LogP contribution >= 0.6 is 8.60 Å². The summed E-state index contributed by atoms with van der Waals surface area (Å²) >= 11 is 0. The molecule has 0 spiro atoms. The van der Waals surface area contributed by atoms with Crippen LogP contribution in [0.25, 0.3) is 22.3 Å². The third-order valence-corrected chi connectivity index (χ3v) is 8.26. The van der Waals surface area contributed by atoms with E-state index >= 15 is 0 Å². The molecule has 2 N–H and O–H groups in total. The fourth-order valence-electron chi connectivity index (χ4n) is 5.94. The number of hydrogen-bond donors (Lipinski definition) is 2. The lowest BCUT2D eigenvalue weighted by Crippen LogP contribution is -2.26. The van der Waals surface area contributed by atoms with Crippen molar-refractivity contribution >= 4 is 8.60 Å². The monoisotopic (exact) mass is 590 g/mol. The van der Waals surface area contributed by atoms with E-state index in [1.165, 1.54) is 16.7 Å². The van der Waals surface area contributed by atoms with Gasteiger partial charge in [0, 0.05) is 11.1 Å². The van der Waals surface area contributed by atoms with E-state index in [4.69, 9.17) is 4.52 Å². The molecule has 0 radical (unpaired) electrons. The molecule has 0 aliphatic heterocycles. The van der Waals surface area contributed by atoms with E-state index in [-0.39, 0.29) is 27.1 Å². The predicted octanol–water partition coefficient (Wildman–Crippen LogP) is 11.1. The van der Waals surface area contributed by atoms with Gasteiger partial charge in [0.1, 0.15) is 5.75 Å². The smallest absolute Gasteiger partial charge is 0.391 e. The molecule has 42 heavy (non-hydrogen) atoms. The van der Waals surface area contributed by atoms with Crippen LogP contribution in [-0.4, -0.2) is 9.79 Å². The van der Waals surface area contributed by atoms with Crippen molar-refractivity contribution in [3.63, 3.8) is 0 Å². The van der Waals surface area contributed by atoms with Crippen LogP contribution in [0.15, 0.2) is 48.5 Å². The van der Waals surface area contributed by atoms with Crippen molar-refractivity contribution < 1.29 is 14.3 Å².